The molecule has 0 radical (unpaired) electrons. The fourth-order valence-corrected chi connectivity index (χ4v) is 15.9. The lowest BCUT2D eigenvalue weighted by Gasteiger charge is -2.34. The third kappa shape index (κ3) is 16.9. The summed E-state index contributed by atoms with van der Waals surface area (Å²) in [7, 11) is 3.66. The molecule has 0 unspecified atom stereocenters. The number of carbonyl (C=O) groups is 4. The standard InChI is InChI=1S/C45H64N4O2.C43H45N4O2/c1-40(2,3)30-42(7,8)46-38(50)28-48-34-24-20-18-22-32(34)44(11,12)36(48)26-16-15-17-27-37-45(13,14)33-23-19-21-25-35(33)49(37)29-39(51)47-43(9,10)31-41(4,5)6;1-42(2)34-24-16-18-26-36(34)46(30-40(48)44(5)32-20-10-7-11-21-32)38(42)28-14-9-15-29-39-43(3,4)35-25-17-19-27-37(35)47(39)31-41(49)45(6)33-22-12-8-13-23-33/h15-27H,28-31H2,1-14H3,(H-,46,47,50,51);7-29H,30-31H2,1-6H3/q;+1/p+1. The smallest absolute Gasteiger partial charge is 0.292 e. The zero-order valence-electron chi connectivity index (χ0n) is 63.3. The predicted molar refractivity (Wildman–Crippen MR) is 417 cm³/mol. The second-order valence-electron chi connectivity index (χ2n) is 33.2. The molecule has 0 saturated carbocycles. The summed E-state index contributed by atoms with van der Waals surface area (Å²) in [6.07, 6.45) is 22.6. The van der Waals surface area contributed by atoms with Crippen molar-refractivity contribution in [1.82, 2.24) is 10.6 Å². The highest BCUT2D eigenvalue weighted by atomic mass is 16.2. The van der Waals surface area contributed by atoms with Crippen LogP contribution in [0, 0.1) is 10.8 Å². The normalized spacial score (nSPS) is 17.5. The molecule has 2 N–H and O–H groups in total. The second kappa shape index (κ2) is 29.4. The first-order valence-electron chi connectivity index (χ1n) is 35.4. The second-order valence-corrected chi connectivity index (χ2v) is 33.2. The van der Waals surface area contributed by atoms with Gasteiger partial charge in [0.2, 0.25) is 36.3 Å². The Kier molecular flexibility index (Phi) is 22.0. The minimum atomic E-state index is -0.318. The van der Waals surface area contributed by atoms with Crippen molar-refractivity contribution in [2.24, 2.45) is 10.8 Å². The van der Waals surface area contributed by atoms with E-state index in [1.165, 1.54) is 22.3 Å². The van der Waals surface area contributed by atoms with Gasteiger partial charge < -0.3 is 30.2 Å². The van der Waals surface area contributed by atoms with Crippen LogP contribution in [0.2, 0.25) is 0 Å². The van der Waals surface area contributed by atoms with Crippen molar-refractivity contribution in [2.45, 2.75) is 170 Å². The Hall–Kier alpha value is -9.42. The Bertz CT molecular complexity index is 4290. The van der Waals surface area contributed by atoms with E-state index in [-0.39, 0.29) is 93.4 Å². The van der Waals surface area contributed by atoms with Gasteiger partial charge in [-0.3, -0.25) is 19.2 Å². The van der Waals surface area contributed by atoms with E-state index < -0.39 is 0 Å². The Morgan fingerprint density at radius 3 is 1.17 bits per heavy atom. The summed E-state index contributed by atoms with van der Waals surface area (Å²) in [5, 5.41) is 6.62. The summed E-state index contributed by atoms with van der Waals surface area (Å²) in [5.74, 6) is 0.0506. The van der Waals surface area contributed by atoms with Gasteiger partial charge in [0.1, 0.15) is 13.1 Å². The molecular formula is C88H110N8O4+2. The van der Waals surface area contributed by atoms with Crippen molar-refractivity contribution >= 4 is 69.2 Å². The topological polar surface area (TPSA) is 111 Å². The molecule has 0 saturated heterocycles. The number of carbonyl (C=O) groups excluding carboxylic acids is 4. The van der Waals surface area contributed by atoms with Crippen molar-refractivity contribution in [3.05, 3.63) is 252 Å². The molecule has 10 rings (SSSR count). The molecule has 0 bridgehead atoms. The number of anilines is 4. The van der Waals surface area contributed by atoms with Gasteiger partial charge >= 0.3 is 0 Å². The molecule has 6 aromatic carbocycles. The number of para-hydroxylation sites is 6. The van der Waals surface area contributed by atoms with E-state index in [0.29, 0.717) is 0 Å². The fourth-order valence-electron chi connectivity index (χ4n) is 15.9. The van der Waals surface area contributed by atoms with Gasteiger partial charge in [0.05, 0.1) is 10.8 Å². The maximum absolute atomic E-state index is 13.6. The van der Waals surface area contributed by atoms with Crippen LogP contribution in [0.1, 0.15) is 160 Å². The zero-order valence-corrected chi connectivity index (χ0v) is 63.3. The number of amides is 4. The lowest BCUT2D eigenvalue weighted by molar-refractivity contribution is -0.425. The minimum Gasteiger partial charge on any atom is -0.350 e. The molecule has 524 valence electrons. The van der Waals surface area contributed by atoms with E-state index in [0.717, 1.165) is 69.8 Å². The van der Waals surface area contributed by atoms with Crippen molar-refractivity contribution in [1.29, 1.82) is 0 Å². The molecule has 4 amide bonds. The first-order chi connectivity index (χ1) is 46.8. The molecule has 0 aromatic heterocycles. The van der Waals surface area contributed by atoms with Crippen LogP contribution >= 0.6 is 0 Å². The molecule has 0 fully saturated rings. The van der Waals surface area contributed by atoms with Crippen LogP contribution in [-0.2, 0) is 40.8 Å². The third-order valence-corrected chi connectivity index (χ3v) is 19.8. The Morgan fingerprint density at radius 1 is 0.400 bits per heavy atom. The largest absolute Gasteiger partial charge is 0.350 e. The van der Waals surface area contributed by atoms with E-state index in [2.05, 4.69) is 263 Å². The molecule has 0 aliphatic carbocycles. The van der Waals surface area contributed by atoms with Crippen LogP contribution < -0.4 is 30.2 Å². The average Bonchev–Trinajstić information content (AvgIpc) is 1.62. The van der Waals surface area contributed by atoms with Gasteiger partial charge in [-0.05, 0) is 139 Å². The number of hydrogen-bond acceptors (Lipinski definition) is 6. The average molecular weight is 1340 g/mol. The number of benzene rings is 6. The first-order valence-corrected chi connectivity index (χ1v) is 35.4. The van der Waals surface area contributed by atoms with Crippen molar-refractivity contribution in [3.63, 3.8) is 0 Å². The monoisotopic (exact) mass is 1340 g/mol. The predicted octanol–water partition coefficient (Wildman–Crippen LogP) is 17.7. The minimum absolute atomic E-state index is 0.0110. The molecule has 0 atom stereocenters. The number of hydrogen-bond donors (Lipinski definition) is 2. The highest BCUT2D eigenvalue weighted by molar-refractivity contribution is 6.05. The summed E-state index contributed by atoms with van der Waals surface area (Å²) in [4.78, 5) is 62.0. The SMILES string of the molecule is CC(C)(C)CC(C)(C)NC(=O)CN1/C(=C/C=C/C=C/C2=[N+](CC(=O)NC(C)(C)CC(C)(C)C)c3ccccc3C2(C)C)C(C)(C)c2ccccc21.CN(C(=O)CN1/C(=C/C=C/C=C/C2=[N+](CC(=O)N(C)c3ccccc3)c3ccccc3C2(C)C)C(C)(C)c2ccccc21)c1ccccc1. The van der Waals surface area contributed by atoms with E-state index in [1.54, 1.807) is 9.80 Å². The van der Waals surface area contributed by atoms with Crippen molar-refractivity contribution < 1.29 is 28.3 Å². The summed E-state index contributed by atoms with van der Waals surface area (Å²) < 4.78 is 4.31. The van der Waals surface area contributed by atoms with Crippen LogP contribution in [0.3, 0.4) is 0 Å². The number of likely N-dealkylation sites (N-methyl/N-ethyl adjacent to an activating group) is 2. The molecular weight excluding hydrogens is 1230 g/mol. The van der Waals surface area contributed by atoms with E-state index in [9.17, 15) is 19.2 Å². The van der Waals surface area contributed by atoms with Gasteiger partial charge in [0, 0.05) is 106 Å². The number of nitrogens with zero attached hydrogens (tertiary/aromatic N) is 6. The van der Waals surface area contributed by atoms with E-state index >= 15 is 0 Å². The van der Waals surface area contributed by atoms with Gasteiger partial charge in [0.15, 0.2) is 11.4 Å². The fraction of sp³-hybridized carbons (Fsp3) is 0.386. The number of allylic oxidation sites excluding steroid dienone is 12. The summed E-state index contributed by atoms with van der Waals surface area (Å²) in [6, 6.07) is 53.0. The van der Waals surface area contributed by atoms with E-state index in [4.69, 9.17) is 0 Å². The molecule has 100 heavy (non-hydrogen) atoms. The maximum Gasteiger partial charge on any atom is 0.292 e. The number of fused-ring (bicyclic) bond motifs is 4. The Labute approximate surface area is 598 Å². The summed E-state index contributed by atoms with van der Waals surface area (Å²) in [5.41, 5.74) is 13.5. The van der Waals surface area contributed by atoms with Crippen molar-refractivity contribution in [3.8, 4) is 0 Å². The highest BCUT2D eigenvalue weighted by Gasteiger charge is 2.48. The van der Waals surface area contributed by atoms with Gasteiger partial charge in [-0.1, -0.05) is 215 Å². The van der Waals surface area contributed by atoms with Gasteiger partial charge in [0.25, 0.3) is 11.8 Å². The molecule has 4 aliphatic heterocycles. The highest BCUT2D eigenvalue weighted by Crippen LogP contribution is 2.50. The Morgan fingerprint density at radius 2 is 0.750 bits per heavy atom. The van der Waals surface area contributed by atoms with Gasteiger partial charge in [-0.2, -0.15) is 9.15 Å². The molecule has 0 spiro atoms. The molecule has 4 heterocycles. The van der Waals surface area contributed by atoms with Crippen LogP contribution in [0.25, 0.3) is 0 Å². The summed E-state index contributed by atoms with van der Waals surface area (Å²) in [6.45, 7) is 40.3. The first kappa shape index (κ1) is 74.8. The Balaban J connectivity index is 0.000000233. The number of rotatable bonds is 20. The molecule has 12 heteroatoms. The summed E-state index contributed by atoms with van der Waals surface area (Å²) >= 11 is 0. The van der Waals surface area contributed by atoms with Crippen LogP contribution in [-0.4, -0.2) is 95.6 Å². The molecule has 12 nitrogen and oxygen atoms in total. The van der Waals surface area contributed by atoms with Crippen LogP contribution in [0.4, 0.5) is 34.1 Å². The lowest BCUT2D eigenvalue weighted by Crippen LogP contribution is -2.49. The van der Waals surface area contributed by atoms with Crippen LogP contribution in [0.5, 0.6) is 0 Å². The maximum atomic E-state index is 13.6. The zero-order chi connectivity index (χ0) is 73.0. The number of nitrogens with one attached hydrogen (secondary N) is 2. The van der Waals surface area contributed by atoms with Crippen molar-refractivity contribution in [2.75, 3.05) is 59.9 Å². The third-order valence-electron chi connectivity index (χ3n) is 19.8. The van der Waals surface area contributed by atoms with Crippen LogP contribution in [0.15, 0.2) is 230 Å². The van der Waals surface area contributed by atoms with E-state index in [1.807, 2.05) is 123 Å². The molecule has 4 aliphatic rings. The quantitative estimate of drug-likeness (QED) is 0.0582. The molecule has 6 aromatic rings. The lowest BCUT2D eigenvalue weighted by atomic mass is 9.81. The van der Waals surface area contributed by atoms with Gasteiger partial charge in [-0.25, -0.2) is 0 Å². The van der Waals surface area contributed by atoms with Gasteiger partial charge in [-0.15, -0.1) is 0 Å².